The Morgan fingerprint density at radius 1 is 1.42 bits per heavy atom. The predicted octanol–water partition coefficient (Wildman–Crippen LogP) is 3.70. The van der Waals surface area contributed by atoms with Crippen LogP contribution in [0.25, 0.3) is 0 Å². The van der Waals surface area contributed by atoms with E-state index in [1.807, 2.05) is 0 Å². The summed E-state index contributed by atoms with van der Waals surface area (Å²) in [5.41, 5.74) is 6.86. The largest absolute Gasteiger partial charge is 0.493 e. The zero-order valence-corrected chi connectivity index (χ0v) is 13.2. The van der Waals surface area contributed by atoms with Crippen molar-refractivity contribution in [1.29, 1.82) is 0 Å². The monoisotopic (exact) mass is 327 g/mol. The van der Waals surface area contributed by atoms with Crippen LogP contribution in [-0.4, -0.2) is 20.3 Å². The number of halogens is 1. The van der Waals surface area contributed by atoms with E-state index in [1.54, 1.807) is 7.11 Å². The molecule has 1 aliphatic rings. The van der Waals surface area contributed by atoms with Crippen LogP contribution in [0.1, 0.15) is 37.7 Å². The summed E-state index contributed by atoms with van der Waals surface area (Å²) >= 11 is 3.59. The first-order valence-electron chi connectivity index (χ1n) is 6.86. The number of hydrogen-bond donors (Lipinski definition) is 1. The fraction of sp³-hybridized carbons (Fsp3) is 0.600. The molecule has 2 rings (SSSR count). The molecular weight excluding hydrogens is 306 g/mol. The molecule has 2 N–H and O–H groups in total. The maximum Gasteiger partial charge on any atom is 0.175 e. The van der Waals surface area contributed by atoms with Gasteiger partial charge in [0.25, 0.3) is 0 Å². The van der Waals surface area contributed by atoms with Gasteiger partial charge >= 0.3 is 0 Å². The smallest absolute Gasteiger partial charge is 0.175 e. The Morgan fingerprint density at radius 3 is 2.74 bits per heavy atom. The maximum atomic E-state index is 5.88. The molecule has 4 heteroatoms. The van der Waals surface area contributed by atoms with Gasteiger partial charge in [-0.1, -0.05) is 6.92 Å². The van der Waals surface area contributed by atoms with Crippen LogP contribution in [0.15, 0.2) is 16.6 Å². The van der Waals surface area contributed by atoms with Crippen molar-refractivity contribution in [3.05, 3.63) is 22.2 Å². The molecule has 1 atom stereocenters. The number of benzene rings is 1. The number of hydrogen-bond acceptors (Lipinski definition) is 3. The van der Waals surface area contributed by atoms with Crippen LogP contribution in [0, 0.1) is 5.92 Å². The minimum Gasteiger partial charge on any atom is -0.493 e. The molecule has 0 spiro atoms. The van der Waals surface area contributed by atoms with E-state index in [4.69, 9.17) is 15.2 Å². The summed E-state index contributed by atoms with van der Waals surface area (Å²) in [7, 11) is 1.68. The number of ether oxygens (including phenoxy) is 2. The van der Waals surface area contributed by atoms with Gasteiger partial charge in [-0.2, -0.15) is 0 Å². The van der Waals surface area contributed by atoms with E-state index in [0.717, 1.165) is 34.9 Å². The lowest BCUT2D eigenvalue weighted by atomic mass is 9.97. The lowest BCUT2D eigenvalue weighted by molar-refractivity contribution is 0.278. The van der Waals surface area contributed by atoms with E-state index in [9.17, 15) is 0 Å². The molecule has 106 valence electrons. The summed E-state index contributed by atoms with van der Waals surface area (Å²) in [6.45, 7) is 3.66. The van der Waals surface area contributed by atoms with E-state index in [0.29, 0.717) is 12.5 Å². The van der Waals surface area contributed by atoms with Crippen LogP contribution in [0.4, 0.5) is 0 Å². The molecular formula is C15H22BrNO2. The van der Waals surface area contributed by atoms with Crippen molar-refractivity contribution in [3.8, 4) is 11.5 Å². The number of rotatable bonds is 7. The fourth-order valence-electron chi connectivity index (χ4n) is 2.07. The zero-order valence-electron chi connectivity index (χ0n) is 11.6. The third kappa shape index (κ3) is 3.86. The van der Waals surface area contributed by atoms with Crippen molar-refractivity contribution >= 4 is 15.9 Å². The lowest BCUT2D eigenvalue weighted by Gasteiger charge is -2.17. The Balaban J connectivity index is 2.17. The molecule has 3 nitrogen and oxygen atoms in total. The number of methoxy groups -OCH3 is 1. The second kappa shape index (κ2) is 6.62. The van der Waals surface area contributed by atoms with Crippen molar-refractivity contribution in [2.45, 2.75) is 32.1 Å². The van der Waals surface area contributed by atoms with E-state index in [2.05, 4.69) is 35.0 Å². The molecule has 0 radical (unpaired) electrons. The first kappa shape index (κ1) is 14.7. The fourth-order valence-corrected chi connectivity index (χ4v) is 2.64. The molecule has 0 heterocycles. The van der Waals surface area contributed by atoms with Crippen molar-refractivity contribution in [2.75, 3.05) is 20.3 Å². The molecule has 1 aromatic rings. The Hall–Kier alpha value is -0.740. The molecule has 0 amide bonds. The number of nitrogens with two attached hydrogens (primary N) is 1. The van der Waals surface area contributed by atoms with Crippen LogP contribution in [0.3, 0.4) is 0 Å². The molecule has 1 aromatic carbocycles. The van der Waals surface area contributed by atoms with Crippen LogP contribution in [-0.2, 0) is 0 Å². The average Bonchev–Trinajstić information content (AvgIpc) is 3.20. The highest BCUT2D eigenvalue weighted by Crippen LogP contribution is 2.40. The third-order valence-electron chi connectivity index (χ3n) is 3.58. The molecule has 0 bridgehead atoms. The van der Waals surface area contributed by atoms with E-state index in [-0.39, 0.29) is 0 Å². The van der Waals surface area contributed by atoms with Crippen molar-refractivity contribution in [2.24, 2.45) is 11.7 Å². The summed E-state index contributed by atoms with van der Waals surface area (Å²) in [6, 6.07) is 4.18. The molecule has 0 aliphatic heterocycles. The first-order valence-corrected chi connectivity index (χ1v) is 7.65. The molecule has 1 saturated carbocycles. The predicted molar refractivity (Wildman–Crippen MR) is 81.0 cm³/mol. The zero-order chi connectivity index (χ0) is 13.8. The Labute approximate surface area is 123 Å². The summed E-state index contributed by atoms with van der Waals surface area (Å²) in [5.74, 6) is 2.77. The topological polar surface area (TPSA) is 44.5 Å². The van der Waals surface area contributed by atoms with Crippen molar-refractivity contribution in [3.63, 3.8) is 0 Å². The van der Waals surface area contributed by atoms with Gasteiger partial charge in [0.05, 0.1) is 18.2 Å². The van der Waals surface area contributed by atoms with Crippen molar-refractivity contribution in [1.82, 2.24) is 0 Å². The van der Waals surface area contributed by atoms with Gasteiger partial charge in [-0.05, 0) is 71.3 Å². The average molecular weight is 328 g/mol. The lowest BCUT2D eigenvalue weighted by Crippen LogP contribution is -2.06. The first-order chi connectivity index (χ1) is 9.15. The van der Waals surface area contributed by atoms with Gasteiger partial charge in [0.15, 0.2) is 11.5 Å². The summed E-state index contributed by atoms with van der Waals surface area (Å²) in [5, 5.41) is 0. The summed E-state index contributed by atoms with van der Waals surface area (Å²) < 4.78 is 12.3. The van der Waals surface area contributed by atoms with Crippen LogP contribution in [0.5, 0.6) is 11.5 Å². The SMILES string of the molecule is COc1cc(C(C)CCN)cc(Br)c1OCC1CC1. The third-order valence-corrected chi connectivity index (χ3v) is 4.17. The van der Waals surface area contributed by atoms with Crippen LogP contribution in [0.2, 0.25) is 0 Å². The Kier molecular flexibility index (Phi) is 5.11. The van der Waals surface area contributed by atoms with Gasteiger partial charge < -0.3 is 15.2 Å². The molecule has 19 heavy (non-hydrogen) atoms. The molecule has 1 fully saturated rings. The maximum absolute atomic E-state index is 5.88. The highest BCUT2D eigenvalue weighted by Gasteiger charge is 2.23. The van der Waals surface area contributed by atoms with Gasteiger partial charge in [-0.25, -0.2) is 0 Å². The van der Waals surface area contributed by atoms with Gasteiger partial charge in [-0.15, -0.1) is 0 Å². The Bertz CT molecular complexity index is 432. The summed E-state index contributed by atoms with van der Waals surface area (Å²) in [6.07, 6.45) is 3.54. The second-order valence-corrected chi connectivity index (χ2v) is 6.12. The van der Waals surface area contributed by atoms with Gasteiger partial charge in [0.2, 0.25) is 0 Å². The minimum absolute atomic E-state index is 0.424. The molecule has 1 aliphatic carbocycles. The Morgan fingerprint density at radius 2 is 2.16 bits per heavy atom. The van der Waals surface area contributed by atoms with Gasteiger partial charge in [0, 0.05) is 0 Å². The van der Waals surface area contributed by atoms with Crippen LogP contribution >= 0.6 is 15.9 Å². The second-order valence-electron chi connectivity index (χ2n) is 5.27. The molecule has 0 aromatic heterocycles. The van der Waals surface area contributed by atoms with E-state index < -0.39 is 0 Å². The van der Waals surface area contributed by atoms with Crippen molar-refractivity contribution < 1.29 is 9.47 Å². The van der Waals surface area contributed by atoms with E-state index in [1.165, 1.54) is 18.4 Å². The van der Waals surface area contributed by atoms with Gasteiger partial charge in [0.1, 0.15) is 0 Å². The highest BCUT2D eigenvalue weighted by molar-refractivity contribution is 9.10. The summed E-state index contributed by atoms with van der Waals surface area (Å²) in [4.78, 5) is 0. The minimum atomic E-state index is 0.424. The van der Waals surface area contributed by atoms with E-state index >= 15 is 0 Å². The normalized spacial score (nSPS) is 16.2. The standard InChI is InChI=1S/C15H22BrNO2/c1-10(5-6-17)12-7-13(16)15(14(8-12)18-2)19-9-11-3-4-11/h7-8,10-11H,3-6,9,17H2,1-2H3. The highest BCUT2D eigenvalue weighted by atomic mass is 79.9. The van der Waals surface area contributed by atoms with Gasteiger partial charge in [-0.3, -0.25) is 0 Å². The molecule has 1 unspecified atom stereocenters. The van der Waals surface area contributed by atoms with Crippen LogP contribution < -0.4 is 15.2 Å². The molecule has 0 saturated heterocycles. The quantitative estimate of drug-likeness (QED) is 0.830.